The molecular formula is C9H20N2O2S. The van der Waals surface area contributed by atoms with E-state index >= 15 is 0 Å². The molecule has 0 aromatic heterocycles. The van der Waals surface area contributed by atoms with Gasteiger partial charge in [-0.25, -0.2) is 8.42 Å². The first-order valence-corrected chi connectivity index (χ1v) is 6.93. The molecule has 0 saturated carbocycles. The van der Waals surface area contributed by atoms with E-state index in [-0.39, 0.29) is 11.8 Å². The quantitative estimate of drug-likeness (QED) is 0.705. The molecule has 84 valence electrons. The van der Waals surface area contributed by atoms with Crippen LogP contribution in [0.4, 0.5) is 0 Å². The number of hydrogen-bond donors (Lipinski definition) is 1. The molecule has 5 heteroatoms. The summed E-state index contributed by atoms with van der Waals surface area (Å²) in [5, 5.41) is 3.11. The molecule has 4 nitrogen and oxygen atoms in total. The molecule has 1 aliphatic rings. The van der Waals surface area contributed by atoms with E-state index in [0.29, 0.717) is 13.0 Å². The van der Waals surface area contributed by atoms with Crippen molar-refractivity contribution in [3.8, 4) is 0 Å². The van der Waals surface area contributed by atoms with Crippen molar-refractivity contribution in [3.63, 3.8) is 0 Å². The van der Waals surface area contributed by atoms with Crippen LogP contribution in [0.1, 0.15) is 26.7 Å². The van der Waals surface area contributed by atoms with Crippen molar-refractivity contribution in [2.75, 3.05) is 25.4 Å². The van der Waals surface area contributed by atoms with Crippen LogP contribution in [-0.4, -0.2) is 44.2 Å². The number of sulfonamides is 1. The molecule has 0 radical (unpaired) electrons. The van der Waals surface area contributed by atoms with Crippen LogP contribution in [0.5, 0.6) is 0 Å². The normalized spacial score (nSPS) is 18.5. The van der Waals surface area contributed by atoms with Gasteiger partial charge in [-0.05, 0) is 12.8 Å². The van der Waals surface area contributed by atoms with Gasteiger partial charge in [0.1, 0.15) is 0 Å². The molecule has 1 fully saturated rings. The highest BCUT2D eigenvalue weighted by molar-refractivity contribution is 7.89. The van der Waals surface area contributed by atoms with Gasteiger partial charge in [0.05, 0.1) is 5.75 Å². The molecule has 1 heterocycles. The molecule has 0 aromatic rings. The average Bonchev–Trinajstić information content (AvgIpc) is 2.00. The predicted octanol–water partition coefficient (Wildman–Crippen LogP) is 0.410. The lowest BCUT2D eigenvalue weighted by atomic mass is 10.2. The Bertz CT molecular complexity index is 260. The summed E-state index contributed by atoms with van der Waals surface area (Å²) in [7, 11) is -3.00. The zero-order chi connectivity index (χ0) is 10.6. The van der Waals surface area contributed by atoms with Crippen LogP contribution in [0, 0.1) is 0 Å². The summed E-state index contributed by atoms with van der Waals surface area (Å²) in [6.45, 7) is 6.20. The van der Waals surface area contributed by atoms with Gasteiger partial charge in [0.2, 0.25) is 10.0 Å². The van der Waals surface area contributed by atoms with E-state index in [1.165, 1.54) is 0 Å². The molecule has 0 spiro atoms. The van der Waals surface area contributed by atoms with E-state index in [0.717, 1.165) is 19.5 Å². The molecule has 0 aromatic carbocycles. The fourth-order valence-corrected chi connectivity index (χ4v) is 3.44. The lowest BCUT2D eigenvalue weighted by Crippen LogP contribution is -2.59. The van der Waals surface area contributed by atoms with Gasteiger partial charge in [0.15, 0.2) is 0 Å². The molecule has 0 aliphatic carbocycles. The van der Waals surface area contributed by atoms with E-state index in [1.54, 1.807) is 4.31 Å². The predicted molar refractivity (Wildman–Crippen MR) is 57.7 cm³/mol. The minimum atomic E-state index is -3.00. The lowest BCUT2D eigenvalue weighted by molar-refractivity contribution is 0.242. The van der Waals surface area contributed by atoms with Crippen molar-refractivity contribution < 1.29 is 8.42 Å². The van der Waals surface area contributed by atoms with Gasteiger partial charge >= 0.3 is 0 Å². The summed E-state index contributed by atoms with van der Waals surface area (Å²) in [6, 6.07) is 0.200. The molecule has 1 saturated heterocycles. The fraction of sp³-hybridized carbons (Fsp3) is 1.00. The third kappa shape index (κ3) is 2.68. The average molecular weight is 220 g/mol. The second-order valence-corrected chi connectivity index (χ2v) is 5.78. The minimum absolute atomic E-state index is 0.200. The van der Waals surface area contributed by atoms with Crippen LogP contribution in [0.15, 0.2) is 0 Å². The Morgan fingerprint density at radius 1 is 1.29 bits per heavy atom. The van der Waals surface area contributed by atoms with Crippen molar-refractivity contribution >= 4 is 10.0 Å². The van der Waals surface area contributed by atoms with Crippen molar-refractivity contribution in [2.24, 2.45) is 0 Å². The van der Waals surface area contributed by atoms with Gasteiger partial charge in [0.25, 0.3) is 0 Å². The summed E-state index contributed by atoms with van der Waals surface area (Å²) in [5.41, 5.74) is 0. The SMILES string of the molecule is CCCN(C1CNC1)S(=O)(=O)CCC. The third-order valence-electron chi connectivity index (χ3n) is 2.43. The molecule has 0 amide bonds. The summed E-state index contributed by atoms with van der Waals surface area (Å²) < 4.78 is 25.4. The van der Waals surface area contributed by atoms with Crippen molar-refractivity contribution in [1.29, 1.82) is 0 Å². The van der Waals surface area contributed by atoms with Crippen LogP contribution in [-0.2, 0) is 10.0 Å². The third-order valence-corrected chi connectivity index (χ3v) is 4.55. The van der Waals surface area contributed by atoms with E-state index in [4.69, 9.17) is 0 Å². The molecule has 0 unspecified atom stereocenters. The van der Waals surface area contributed by atoms with E-state index in [9.17, 15) is 8.42 Å². The largest absolute Gasteiger partial charge is 0.313 e. The van der Waals surface area contributed by atoms with Gasteiger partial charge in [-0.15, -0.1) is 0 Å². The first kappa shape index (κ1) is 11.9. The standard InChI is InChI=1S/C9H20N2O2S/c1-3-5-11(9-7-10-8-9)14(12,13)6-4-2/h9-10H,3-8H2,1-2H3. The van der Waals surface area contributed by atoms with Crippen LogP contribution in [0.3, 0.4) is 0 Å². The zero-order valence-electron chi connectivity index (χ0n) is 8.99. The topological polar surface area (TPSA) is 49.4 Å². The Hall–Kier alpha value is -0.130. The van der Waals surface area contributed by atoms with Crippen LogP contribution in [0.2, 0.25) is 0 Å². The maximum atomic E-state index is 11.9. The second kappa shape index (κ2) is 5.09. The van der Waals surface area contributed by atoms with E-state index in [1.807, 2.05) is 13.8 Å². The summed E-state index contributed by atoms with van der Waals surface area (Å²) in [5.74, 6) is 0.281. The molecule has 0 atom stereocenters. The first-order chi connectivity index (χ1) is 6.61. The molecule has 0 bridgehead atoms. The minimum Gasteiger partial charge on any atom is -0.313 e. The second-order valence-electron chi connectivity index (χ2n) is 3.74. The number of rotatable bonds is 6. The smallest absolute Gasteiger partial charge is 0.214 e. The van der Waals surface area contributed by atoms with Gasteiger partial charge in [0, 0.05) is 25.7 Å². The highest BCUT2D eigenvalue weighted by Gasteiger charge is 2.32. The van der Waals surface area contributed by atoms with Gasteiger partial charge in [-0.1, -0.05) is 13.8 Å². The Labute approximate surface area is 86.7 Å². The fourth-order valence-electron chi connectivity index (χ4n) is 1.62. The maximum Gasteiger partial charge on any atom is 0.214 e. The monoisotopic (exact) mass is 220 g/mol. The summed E-state index contributed by atoms with van der Waals surface area (Å²) in [4.78, 5) is 0. The zero-order valence-corrected chi connectivity index (χ0v) is 9.81. The molecular weight excluding hydrogens is 200 g/mol. The number of nitrogens with one attached hydrogen (secondary N) is 1. The van der Waals surface area contributed by atoms with Crippen LogP contribution < -0.4 is 5.32 Å². The lowest BCUT2D eigenvalue weighted by Gasteiger charge is -2.37. The van der Waals surface area contributed by atoms with Crippen molar-refractivity contribution in [1.82, 2.24) is 9.62 Å². The first-order valence-electron chi connectivity index (χ1n) is 5.32. The summed E-state index contributed by atoms with van der Waals surface area (Å²) >= 11 is 0. The Morgan fingerprint density at radius 3 is 2.29 bits per heavy atom. The van der Waals surface area contributed by atoms with Crippen LogP contribution >= 0.6 is 0 Å². The number of hydrogen-bond acceptors (Lipinski definition) is 3. The van der Waals surface area contributed by atoms with Crippen molar-refractivity contribution in [2.45, 2.75) is 32.7 Å². The number of nitrogens with zero attached hydrogens (tertiary/aromatic N) is 1. The van der Waals surface area contributed by atoms with Gasteiger partial charge < -0.3 is 5.32 Å². The highest BCUT2D eigenvalue weighted by atomic mass is 32.2. The highest BCUT2D eigenvalue weighted by Crippen LogP contribution is 2.13. The Kier molecular flexibility index (Phi) is 4.34. The van der Waals surface area contributed by atoms with Gasteiger partial charge in [-0.2, -0.15) is 4.31 Å². The van der Waals surface area contributed by atoms with E-state index < -0.39 is 10.0 Å². The van der Waals surface area contributed by atoms with E-state index in [2.05, 4.69) is 5.32 Å². The van der Waals surface area contributed by atoms with Crippen molar-refractivity contribution in [3.05, 3.63) is 0 Å². The molecule has 1 aliphatic heterocycles. The molecule has 14 heavy (non-hydrogen) atoms. The van der Waals surface area contributed by atoms with Gasteiger partial charge in [-0.3, -0.25) is 0 Å². The summed E-state index contributed by atoms with van der Waals surface area (Å²) in [6.07, 6.45) is 1.59. The maximum absolute atomic E-state index is 11.9. The molecule has 1 N–H and O–H groups in total. The van der Waals surface area contributed by atoms with Crippen LogP contribution in [0.25, 0.3) is 0 Å². The Morgan fingerprint density at radius 2 is 1.93 bits per heavy atom. The molecule has 1 rings (SSSR count). The Balaban J connectivity index is 2.65.